The Morgan fingerprint density at radius 2 is 0.567 bits per heavy atom. The lowest BCUT2D eigenvalue weighted by Crippen LogP contribution is -2.30. The molecule has 67 heavy (non-hydrogen) atoms. The Balaban J connectivity index is 4.29. The zero-order valence-electron chi connectivity index (χ0n) is 46.0. The molecule has 0 saturated heterocycles. The summed E-state index contributed by atoms with van der Waals surface area (Å²) in [5.41, 5.74) is 0. The molecule has 0 aromatic rings. The maximum atomic E-state index is 12.9. The Bertz CT molecular complexity index is 1030. The van der Waals surface area contributed by atoms with Crippen LogP contribution in [0.2, 0.25) is 0 Å². The molecule has 1 unspecified atom stereocenters. The molecule has 0 bridgehead atoms. The Labute approximate surface area is 418 Å². The number of ether oxygens (including phenoxy) is 3. The SMILES string of the molecule is CCCCCCCCCCCCCCCCCCCCCC(=O)OC[C@@H](COC(=O)CCCCCCCCCCCCC(C)CC)OC(=O)CCCCCCCCCCCCCCCC(C)C. The number of unbranched alkanes of at least 4 members (excludes halogenated alkanes) is 39. The number of hydrogen-bond acceptors (Lipinski definition) is 6. The second kappa shape index (κ2) is 53.8. The van der Waals surface area contributed by atoms with Crippen LogP contribution < -0.4 is 0 Å². The highest BCUT2D eigenvalue weighted by molar-refractivity contribution is 5.71. The fourth-order valence-corrected chi connectivity index (χ4v) is 9.37. The molecule has 0 radical (unpaired) electrons. The van der Waals surface area contributed by atoms with Crippen molar-refractivity contribution < 1.29 is 28.6 Å². The van der Waals surface area contributed by atoms with Crippen molar-refractivity contribution >= 4 is 17.9 Å². The van der Waals surface area contributed by atoms with Crippen molar-refractivity contribution in [3.8, 4) is 0 Å². The smallest absolute Gasteiger partial charge is 0.306 e. The van der Waals surface area contributed by atoms with Gasteiger partial charge in [0.05, 0.1) is 0 Å². The van der Waals surface area contributed by atoms with Gasteiger partial charge in [0, 0.05) is 19.3 Å². The lowest BCUT2D eigenvalue weighted by atomic mass is 9.99. The van der Waals surface area contributed by atoms with E-state index in [0.29, 0.717) is 19.3 Å². The van der Waals surface area contributed by atoms with Crippen LogP contribution in [0.3, 0.4) is 0 Å². The van der Waals surface area contributed by atoms with Crippen molar-refractivity contribution in [2.24, 2.45) is 11.8 Å². The molecule has 6 heteroatoms. The van der Waals surface area contributed by atoms with Crippen LogP contribution in [-0.2, 0) is 28.6 Å². The molecule has 2 atom stereocenters. The third-order valence-electron chi connectivity index (χ3n) is 14.3. The van der Waals surface area contributed by atoms with Crippen LogP contribution in [0.4, 0.5) is 0 Å². The van der Waals surface area contributed by atoms with Gasteiger partial charge in [0.25, 0.3) is 0 Å². The number of carbonyl (C=O) groups is 3. The summed E-state index contributed by atoms with van der Waals surface area (Å²) in [6.07, 6.45) is 58.1. The van der Waals surface area contributed by atoms with Crippen LogP contribution in [0.25, 0.3) is 0 Å². The van der Waals surface area contributed by atoms with Gasteiger partial charge in [-0.05, 0) is 31.1 Å². The summed E-state index contributed by atoms with van der Waals surface area (Å²) in [6, 6.07) is 0. The fraction of sp³-hybridized carbons (Fsp3) is 0.951. The summed E-state index contributed by atoms with van der Waals surface area (Å²) in [5, 5.41) is 0. The normalized spacial score (nSPS) is 12.4. The van der Waals surface area contributed by atoms with Gasteiger partial charge in [0.15, 0.2) is 6.10 Å². The van der Waals surface area contributed by atoms with Gasteiger partial charge >= 0.3 is 17.9 Å². The number of esters is 3. The molecule has 0 saturated carbocycles. The standard InChI is InChI=1S/C61H118O6/c1-6-8-9-10-11-12-13-14-15-16-17-18-19-22-25-31-36-41-46-51-59(62)65-54-58(55-66-60(63)52-47-42-37-32-28-27-30-35-40-45-50-57(5)7-2)67-61(64)53-48-43-38-33-26-23-20-21-24-29-34-39-44-49-56(3)4/h56-58H,6-55H2,1-5H3/t57?,58-/m0/s1. The average Bonchev–Trinajstić information content (AvgIpc) is 3.31. The van der Waals surface area contributed by atoms with E-state index in [1.807, 2.05) is 0 Å². The summed E-state index contributed by atoms with van der Waals surface area (Å²) in [6.45, 7) is 11.4. The van der Waals surface area contributed by atoms with E-state index in [0.717, 1.165) is 69.6 Å². The minimum atomic E-state index is -0.763. The molecule has 0 aliphatic rings. The van der Waals surface area contributed by atoms with Crippen molar-refractivity contribution in [2.45, 2.75) is 349 Å². The lowest BCUT2D eigenvalue weighted by Gasteiger charge is -2.18. The second-order valence-corrected chi connectivity index (χ2v) is 21.7. The van der Waals surface area contributed by atoms with Gasteiger partial charge in [0.1, 0.15) is 13.2 Å². The Hall–Kier alpha value is -1.59. The molecule has 0 N–H and O–H groups in total. The molecule has 0 aromatic carbocycles. The van der Waals surface area contributed by atoms with Gasteiger partial charge in [-0.2, -0.15) is 0 Å². The maximum absolute atomic E-state index is 12.9. The highest BCUT2D eigenvalue weighted by Gasteiger charge is 2.19. The summed E-state index contributed by atoms with van der Waals surface area (Å²) in [5.74, 6) is 0.871. The van der Waals surface area contributed by atoms with Crippen LogP contribution in [0.15, 0.2) is 0 Å². The molecule has 0 aliphatic heterocycles. The molecule has 0 aliphatic carbocycles. The van der Waals surface area contributed by atoms with Crippen LogP contribution in [0.1, 0.15) is 343 Å². The molecular formula is C61H118O6. The van der Waals surface area contributed by atoms with E-state index in [4.69, 9.17) is 14.2 Å². The fourth-order valence-electron chi connectivity index (χ4n) is 9.37. The van der Waals surface area contributed by atoms with Crippen LogP contribution in [0, 0.1) is 11.8 Å². The van der Waals surface area contributed by atoms with E-state index in [1.165, 1.54) is 231 Å². The van der Waals surface area contributed by atoms with Crippen LogP contribution in [0.5, 0.6) is 0 Å². The van der Waals surface area contributed by atoms with Gasteiger partial charge in [0.2, 0.25) is 0 Å². The third-order valence-corrected chi connectivity index (χ3v) is 14.3. The molecule has 0 spiro atoms. The predicted octanol–water partition coefficient (Wildman–Crippen LogP) is 20.0. The number of carbonyl (C=O) groups excluding carboxylic acids is 3. The average molecular weight is 948 g/mol. The van der Waals surface area contributed by atoms with E-state index in [9.17, 15) is 14.4 Å². The van der Waals surface area contributed by atoms with Gasteiger partial charge < -0.3 is 14.2 Å². The predicted molar refractivity (Wildman–Crippen MR) is 289 cm³/mol. The zero-order chi connectivity index (χ0) is 48.9. The number of hydrogen-bond donors (Lipinski definition) is 0. The van der Waals surface area contributed by atoms with Gasteiger partial charge in [-0.3, -0.25) is 14.4 Å². The van der Waals surface area contributed by atoms with Crippen LogP contribution >= 0.6 is 0 Å². The highest BCUT2D eigenvalue weighted by atomic mass is 16.6. The molecule has 0 rings (SSSR count). The molecule has 0 aromatic heterocycles. The topological polar surface area (TPSA) is 78.9 Å². The van der Waals surface area contributed by atoms with Gasteiger partial charge in [-0.15, -0.1) is 0 Å². The Kier molecular flexibility index (Phi) is 52.5. The summed E-state index contributed by atoms with van der Waals surface area (Å²) >= 11 is 0. The van der Waals surface area contributed by atoms with Crippen LogP contribution in [-0.4, -0.2) is 37.2 Å². The quantitative estimate of drug-likeness (QED) is 0.0343. The first kappa shape index (κ1) is 65.4. The summed E-state index contributed by atoms with van der Waals surface area (Å²) in [7, 11) is 0. The summed E-state index contributed by atoms with van der Waals surface area (Å²) < 4.78 is 16.9. The van der Waals surface area contributed by atoms with Crippen molar-refractivity contribution in [3.05, 3.63) is 0 Å². The van der Waals surface area contributed by atoms with E-state index < -0.39 is 6.10 Å². The first-order valence-corrected chi connectivity index (χ1v) is 30.3. The summed E-state index contributed by atoms with van der Waals surface area (Å²) in [4.78, 5) is 38.2. The van der Waals surface area contributed by atoms with Gasteiger partial charge in [-0.25, -0.2) is 0 Å². The minimum absolute atomic E-state index is 0.0625. The molecule has 398 valence electrons. The molecular weight excluding hydrogens is 829 g/mol. The first-order valence-electron chi connectivity index (χ1n) is 30.3. The van der Waals surface area contributed by atoms with E-state index >= 15 is 0 Å². The van der Waals surface area contributed by atoms with E-state index in [1.54, 1.807) is 0 Å². The van der Waals surface area contributed by atoms with Crippen molar-refractivity contribution in [3.63, 3.8) is 0 Å². The Morgan fingerprint density at radius 3 is 0.851 bits per heavy atom. The Morgan fingerprint density at radius 1 is 0.313 bits per heavy atom. The number of rotatable bonds is 55. The minimum Gasteiger partial charge on any atom is -0.462 e. The molecule has 0 heterocycles. The zero-order valence-corrected chi connectivity index (χ0v) is 46.0. The molecule has 0 amide bonds. The van der Waals surface area contributed by atoms with E-state index in [2.05, 4.69) is 34.6 Å². The largest absolute Gasteiger partial charge is 0.462 e. The second-order valence-electron chi connectivity index (χ2n) is 21.7. The molecule has 6 nitrogen and oxygen atoms in total. The van der Waals surface area contributed by atoms with Crippen molar-refractivity contribution in [1.29, 1.82) is 0 Å². The lowest BCUT2D eigenvalue weighted by molar-refractivity contribution is -0.167. The first-order chi connectivity index (χ1) is 32.8. The van der Waals surface area contributed by atoms with Crippen molar-refractivity contribution in [2.75, 3.05) is 13.2 Å². The molecule has 0 fully saturated rings. The monoisotopic (exact) mass is 947 g/mol. The van der Waals surface area contributed by atoms with E-state index in [-0.39, 0.29) is 31.1 Å². The maximum Gasteiger partial charge on any atom is 0.306 e. The van der Waals surface area contributed by atoms with Gasteiger partial charge in [-0.1, -0.05) is 304 Å². The highest BCUT2D eigenvalue weighted by Crippen LogP contribution is 2.19. The van der Waals surface area contributed by atoms with Crippen molar-refractivity contribution in [1.82, 2.24) is 0 Å². The third kappa shape index (κ3) is 53.6.